The van der Waals surface area contributed by atoms with E-state index in [9.17, 15) is 0 Å². The maximum absolute atomic E-state index is 4.99. The van der Waals surface area contributed by atoms with Gasteiger partial charge in [0.25, 0.3) is 0 Å². The molecule has 0 bridgehead atoms. The first kappa shape index (κ1) is 5.22. The van der Waals surface area contributed by atoms with E-state index >= 15 is 0 Å². The third kappa shape index (κ3) is 0.699. The van der Waals surface area contributed by atoms with Crippen LogP contribution in [0.25, 0.3) is 6.01 Å². The van der Waals surface area contributed by atoms with Crippen LogP contribution in [-0.4, -0.2) is 14.5 Å². The second kappa shape index (κ2) is 1.98. The van der Waals surface area contributed by atoms with Gasteiger partial charge in [0.1, 0.15) is 12.6 Å². The van der Waals surface area contributed by atoms with Gasteiger partial charge in [-0.25, -0.2) is 9.97 Å². The van der Waals surface area contributed by atoms with Gasteiger partial charge in [0, 0.05) is 12.4 Å². The van der Waals surface area contributed by atoms with Crippen molar-refractivity contribution in [1.82, 2.24) is 14.5 Å². The Labute approximate surface area is 57.1 Å². The highest BCUT2D eigenvalue weighted by Gasteiger charge is 1.96. The Bertz CT molecular complexity index is 252. The van der Waals surface area contributed by atoms with Crippen LogP contribution in [0.15, 0.2) is 35.6 Å². The van der Waals surface area contributed by atoms with Gasteiger partial charge in [0.05, 0.1) is 6.20 Å². The standard InChI is InChI=1S/C6H5N3O/c1-3-9(5-7-1)6-8-2-4-10-6/h1-5H. The molecule has 0 unspecified atom stereocenters. The first-order valence-corrected chi connectivity index (χ1v) is 2.84. The molecule has 2 aromatic rings. The van der Waals surface area contributed by atoms with Crippen molar-refractivity contribution in [3.8, 4) is 6.01 Å². The molecule has 0 amide bonds. The molecule has 0 aliphatic carbocycles. The van der Waals surface area contributed by atoms with E-state index in [4.69, 9.17) is 4.42 Å². The number of oxazole rings is 1. The van der Waals surface area contributed by atoms with E-state index in [0.717, 1.165) is 0 Å². The molecular formula is C6H5N3O. The molecule has 0 radical (unpaired) electrons. The Morgan fingerprint density at radius 2 is 2.40 bits per heavy atom. The largest absolute Gasteiger partial charge is 0.432 e. The van der Waals surface area contributed by atoms with Crippen LogP contribution in [0, 0.1) is 0 Å². The van der Waals surface area contributed by atoms with E-state index in [0.29, 0.717) is 6.01 Å². The molecule has 4 nitrogen and oxygen atoms in total. The summed E-state index contributed by atoms with van der Waals surface area (Å²) in [5.41, 5.74) is 0. The fourth-order valence-electron chi connectivity index (χ4n) is 0.716. The smallest absolute Gasteiger partial charge is 0.306 e. The minimum Gasteiger partial charge on any atom is -0.432 e. The van der Waals surface area contributed by atoms with E-state index in [2.05, 4.69) is 9.97 Å². The average molecular weight is 135 g/mol. The topological polar surface area (TPSA) is 43.9 Å². The van der Waals surface area contributed by atoms with Gasteiger partial charge in [0.2, 0.25) is 0 Å². The van der Waals surface area contributed by atoms with Crippen molar-refractivity contribution in [2.24, 2.45) is 0 Å². The van der Waals surface area contributed by atoms with Crippen LogP contribution in [0.1, 0.15) is 0 Å². The summed E-state index contributed by atoms with van der Waals surface area (Å²) in [5.74, 6) is 0. The first-order chi connectivity index (χ1) is 4.97. The minimum absolute atomic E-state index is 0.539. The Morgan fingerprint density at radius 1 is 1.40 bits per heavy atom. The number of hydrogen-bond acceptors (Lipinski definition) is 3. The van der Waals surface area contributed by atoms with Crippen LogP contribution >= 0.6 is 0 Å². The predicted octanol–water partition coefficient (Wildman–Crippen LogP) is 0.860. The van der Waals surface area contributed by atoms with E-state index in [-0.39, 0.29) is 0 Å². The van der Waals surface area contributed by atoms with Crippen LogP contribution in [0.5, 0.6) is 0 Å². The Hall–Kier alpha value is -1.58. The summed E-state index contributed by atoms with van der Waals surface area (Å²) in [6.07, 6.45) is 8.19. The van der Waals surface area contributed by atoms with Gasteiger partial charge >= 0.3 is 6.01 Å². The molecule has 0 aliphatic heterocycles. The van der Waals surface area contributed by atoms with Gasteiger partial charge in [-0.2, -0.15) is 0 Å². The van der Waals surface area contributed by atoms with E-state index < -0.39 is 0 Å². The van der Waals surface area contributed by atoms with E-state index in [1.165, 1.54) is 6.26 Å². The summed E-state index contributed by atoms with van der Waals surface area (Å²) in [6.45, 7) is 0. The van der Waals surface area contributed by atoms with Crippen molar-refractivity contribution < 1.29 is 4.42 Å². The lowest BCUT2D eigenvalue weighted by atomic mass is 10.9. The van der Waals surface area contributed by atoms with Crippen molar-refractivity contribution in [2.75, 3.05) is 0 Å². The van der Waals surface area contributed by atoms with Crippen molar-refractivity contribution in [1.29, 1.82) is 0 Å². The zero-order valence-corrected chi connectivity index (χ0v) is 5.14. The summed E-state index contributed by atoms with van der Waals surface area (Å²) < 4.78 is 6.68. The van der Waals surface area contributed by atoms with E-state index in [1.807, 2.05) is 0 Å². The average Bonchev–Trinajstić information content (AvgIpc) is 2.59. The third-order valence-electron chi connectivity index (χ3n) is 1.14. The zero-order valence-electron chi connectivity index (χ0n) is 5.14. The SMILES string of the molecule is c1cn(-c2ncco2)cn1. The highest BCUT2D eigenvalue weighted by Crippen LogP contribution is 2.00. The molecule has 0 N–H and O–H groups in total. The molecule has 50 valence electrons. The highest BCUT2D eigenvalue weighted by molar-refractivity contribution is 5.03. The predicted molar refractivity (Wildman–Crippen MR) is 33.6 cm³/mol. The second-order valence-corrected chi connectivity index (χ2v) is 1.78. The van der Waals surface area contributed by atoms with Gasteiger partial charge in [-0.15, -0.1) is 0 Å². The van der Waals surface area contributed by atoms with Crippen LogP contribution < -0.4 is 0 Å². The molecule has 10 heavy (non-hydrogen) atoms. The minimum atomic E-state index is 0.539. The van der Waals surface area contributed by atoms with Crippen molar-refractivity contribution >= 4 is 0 Å². The van der Waals surface area contributed by atoms with Gasteiger partial charge in [-0.3, -0.25) is 4.57 Å². The molecule has 0 atom stereocenters. The molecule has 0 spiro atoms. The number of rotatable bonds is 1. The summed E-state index contributed by atoms with van der Waals surface area (Å²) in [6, 6.07) is 0.539. The molecule has 0 saturated heterocycles. The summed E-state index contributed by atoms with van der Waals surface area (Å²) >= 11 is 0. The van der Waals surface area contributed by atoms with Crippen LogP contribution in [-0.2, 0) is 0 Å². The van der Waals surface area contributed by atoms with Crippen molar-refractivity contribution in [3.63, 3.8) is 0 Å². The van der Waals surface area contributed by atoms with Gasteiger partial charge in [-0.05, 0) is 0 Å². The first-order valence-electron chi connectivity index (χ1n) is 2.84. The number of hydrogen-bond donors (Lipinski definition) is 0. The molecule has 0 saturated carbocycles. The maximum Gasteiger partial charge on any atom is 0.306 e. The van der Waals surface area contributed by atoms with Crippen LogP contribution in [0.3, 0.4) is 0 Å². The molecule has 4 heteroatoms. The van der Waals surface area contributed by atoms with Crippen LogP contribution in [0.2, 0.25) is 0 Å². The van der Waals surface area contributed by atoms with Crippen LogP contribution in [0.4, 0.5) is 0 Å². The fourth-order valence-corrected chi connectivity index (χ4v) is 0.716. The summed E-state index contributed by atoms with van der Waals surface area (Å²) in [7, 11) is 0. The van der Waals surface area contributed by atoms with Gasteiger partial charge < -0.3 is 4.42 Å². The monoisotopic (exact) mass is 135 g/mol. The molecule has 2 aromatic heterocycles. The maximum atomic E-state index is 4.99. The quantitative estimate of drug-likeness (QED) is 0.582. The fraction of sp³-hybridized carbons (Fsp3) is 0. The Morgan fingerprint density at radius 3 is 3.00 bits per heavy atom. The number of nitrogens with zero attached hydrogens (tertiary/aromatic N) is 3. The van der Waals surface area contributed by atoms with Gasteiger partial charge in [0.15, 0.2) is 0 Å². The number of aromatic nitrogens is 3. The van der Waals surface area contributed by atoms with Gasteiger partial charge in [-0.1, -0.05) is 0 Å². The molecular weight excluding hydrogens is 130 g/mol. The Kier molecular flexibility index (Phi) is 1.04. The van der Waals surface area contributed by atoms with Crippen molar-refractivity contribution in [3.05, 3.63) is 31.2 Å². The highest BCUT2D eigenvalue weighted by atomic mass is 16.4. The molecule has 0 fully saturated rings. The molecule has 2 heterocycles. The summed E-state index contributed by atoms with van der Waals surface area (Å²) in [4.78, 5) is 7.76. The molecule has 2 rings (SSSR count). The van der Waals surface area contributed by atoms with Crippen molar-refractivity contribution in [2.45, 2.75) is 0 Å². The Balaban J connectivity index is 2.48. The van der Waals surface area contributed by atoms with E-state index in [1.54, 1.807) is 29.5 Å². The lowest BCUT2D eigenvalue weighted by Gasteiger charge is -1.89. The third-order valence-corrected chi connectivity index (χ3v) is 1.14. The lowest BCUT2D eigenvalue weighted by molar-refractivity contribution is 0.527. The zero-order chi connectivity index (χ0) is 6.81. The molecule has 0 aliphatic rings. The number of imidazole rings is 1. The second-order valence-electron chi connectivity index (χ2n) is 1.78. The molecule has 0 aromatic carbocycles. The lowest BCUT2D eigenvalue weighted by Crippen LogP contribution is -1.87. The normalized spacial score (nSPS) is 10.0. The summed E-state index contributed by atoms with van der Waals surface area (Å²) in [5, 5.41) is 0.